The van der Waals surface area contributed by atoms with Crippen molar-refractivity contribution in [1.82, 2.24) is 10.8 Å². The topological polar surface area (TPSA) is 93.7 Å². The van der Waals surface area contributed by atoms with Gasteiger partial charge in [0.05, 0.1) is 6.61 Å². The van der Waals surface area contributed by atoms with E-state index in [9.17, 15) is 14.4 Å². The van der Waals surface area contributed by atoms with Crippen LogP contribution in [-0.4, -0.2) is 23.8 Å². The van der Waals surface area contributed by atoms with Gasteiger partial charge in [0, 0.05) is 12.5 Å². The fourth-order valence-electron chi connectivity index (χ4n) is 4.55. The summed E-state index contributed by atoms with van der Waals surface area (Å²) >= 11 is 0. The first-order valence-corrected chi connectivity index (χ1v) is 15.3. The molecule has 2 N–H and O–H groups in total. The van der Waals surface area contributed by atoms with Gasteiger partial charge in [-0.3, -0.25) is 14.4 Å². The Morgan fingerprint density at radius 1 is 0.651 bits per heavy atom. The molecule has 7 heteroatoms. The molecule has 0 heterocycles. The van der Waals surface area contributed by atoms with Crippen molar-refractivity contribution in [3.63, 3.8) is 0 Å². The first kappa shape index (κ1) is 33.3. The lowest BCUT2D eigenvalue weighted by atomic mass is 10.0. The summed E-state index contributed by atoms with van der Waals surface area (Å²) in [5, 5.41) is 2.80. The summed E-state index contributed by atoms with van der Waals surface area (Å²) in [6.45, 7) is 0.354. The van der Waals surface area contributed by atoms with Gasteiger partial charge in [0.15, 0.2) is 0 Å². The molecule has 0 saturated heterocycles. The standard InChI is InChI=1S/C36H44N2O5/c39-34(26-16-5-3-1-2-4-9-18-30-19-10-6-11-20-30)37-33(36(41)38-43-29-32-23-14-8-15-24-32)25-17-27-35(40)42-28-31-21-12-7-13-22-31/h6-8,10-15,17,19-24,27,33H,1-5,9,16,18,25-26,28-29H2,(H,37,39)(H,38,41)/b27-17+/t33-/m1/s1. The maximum Gasteiger partial charge on any atom is 0.330 e. The van der Waals surface area contributed by atoms with Crippen LogP contribution in [0.2, 0.25) is 0 Å². The number of aryl methyl sites for hydroxylation is 1. The Balaban J connectivity index is 1.36. The van der Waals surface area contributed by atoms with Crippen LogP contribution in [0.1, 0.15) is 74.5 Å². The van der Waals surface area contributed by atoms with Gasteiger partial charge in [-0.15, -0.1) is 0 Å². The van der Waals surface area contributed by atoms with E-state index < -0.39 is 17.9 Å². The largest absolute Gasteiger partial charge is 0.458 e. The van der Waals surface area contributed by atoms with E-state index in [4.69, 9.17) is 9.57 Å². The van der Waals surface area contributed by atoms with Crippen molar-refractivity contribution in [2.75, 3.05) is 0 Å². The highest BCUT2D eigenvalue weighted by atomic mass is 16.6. The predicted molar refractivity (Wildman–Crippen MR) is 168 cm³/mol. The van der Waals surface area contributed by atoms with Gasteiger partial charge in [-0.05, 0) is 42.4 Å². The lowest BCUT2D eigenvalue weighted by Crippen LogP contribution is -2.46. The molecule has 0 radical (unpaired) electrons. The number of carbonyl (C=O) groups is 3. The van der Waals surface area contributed by atoms with Crippen molar-refractivity contribution in [3.8, 4) is 0 Å². The summed E-state index contributed by atoms with van der Waals surface area (Å²) in [5.74, 6) is -1.21. The second-order valence-corrected chi connectivity index (χ2v) is 10.6. The number of unbranched alkanes of at least 4 members (excludes halogenated alkanes) is 6. The molecule has 0 unspecified atom stereocenters. The third kappa shape index (κ3) is 15.0. The van der Waals surface area contributed by atoms with Crippen LogP contribution in [-0.2, 0) is 43.6 Å². The molecule has 0 fully saturated rings. The van der Waals surface area contributed by atoms with Crippen molar-refractivity contribution < 1.29 is 24.0 Å². The van der Waals surface area contributed by atoms with Gasteiger partial charge >= 0.3 is 5.97 Å². The summed E-state index contributed by atoms with van der Waals surface area (Å²) < 4.78 is 5.25. The maximum atomic E-state index is 12.8. The van der Waals surface area contributed by atoms with E-state index in [-0.39, 0.29) is 25.5 Å². The minimum absolute atomic E-state index is 0.121. The van der Waals surface area contributed by atoms with Gasteiger partial charge in [0.1, 0.15) is 12.6 Å². The van der Waals surface area contributed by atoms with Gasteiger partial charge in [-0.25, -0.2) is 10.3 Å². The van der Waals surface area contributed by atoms with Gasteiger partial charge in [0.2, 0.25) is 5.91 Å². The van der Waals surface area contributed by atoms with Crippen LogP contribution in [0.5, 0.6) is 0 Å². The summed E-state index contributed by atoms with van der Waals surface area (Å²) in [7, 11) is 0. The van der Waals surface area contributed by atoms with Crippen LogP contribution < -0.4 is 10.8 Å². The van der Waals surface area contributed by atoms with E-state index in [1.165, 1.54) is 37.0 Å². The number of benzene rings is 3. The monoisotopic (exact) mass is 584 g/mol. The smallest absolute Gasteiger partial charge is 0.330 e. The zero-order chi connectivity index (χ0) is 30.4. The third-order valence-corrected chi connectivity index (χ3v) is 6.97. The molecule has 0 aliphatic heterocycles. The molecule has 43 heavy (non-hydrogen) atoms. The molecule has 1 atom stereocenters. The van der Waals surface area contributed by atoms with Crippen molar-refractivity contribution in [3.05, 3.63) is 120 Å². The zero-order valence-electron chi connectivity index (χ0n) is 24.9. The van der Waals surface area contributed by atoms with Crippen LogP contribution in [0.15, 0.2) is 103 Å². The summed E-state index contributed by atoms with van der Waals surface area (Å²) in [5.41, 5.74) is 5.60. The minimum atomic E-state index is -0.883. The number of carbonyl (C=O) groups excluding carboxylic acids is 3. The fraction of sp³-hybridized carbons (Fsp3) is 0.361. The number of rotatable bonds is 20. The summed E-state index contributed by atoms with van der Waals surface area (Å²) in [6, 6.07) is 28.5. The fourth-order valence-corrected chi connectivity index (χ4v) is 4.55. The Kier molecular flexibility index (Phi) is 16.0. The van der Waals surface area contributed by atoms with E-state index >= 15 is 0 Å². The molecule has 0 spiro atoms. The Bertz CT molecular complexity index is 1230. The van der Waals surface area contributed by atoms with Gasteiger partial charge in [-0.2, -0.15) is 0 Å². The Labute approximate surface area is 255 Å². The molecule has 0 aliphatic carbocycles. The second kappa shape index (κ2) is 20.6. The van der Waals surface area contributed by atoms with Crippen LogP contribution >= 0.6 is 0 Å². The normalized spacial score (nSPS) is 11.6. The van der Waals surface area contributed by atoms with Crippen molar-refractivity contribution in [1.29, 1.82) is 0 Å². The van der Waals surface area contributed by atoms with Crippen molar-refractivity contribution in [2.45, 2.75) is 83.5 Å². The molecule has 3 aromatic rings. The molecule has 0 bridgehead atoms. The van der Waals surface area contributed by atoms with Gasteiger partial charge in [0.25, 0.3) is 5.91 Å². The van der Waals surface area contributed by atoms with Crippen molar-refractivity contribution >= 4 is 17.8 Å². The Morgan fingerprint density at radius 2 is 1.19 bits per heavy atom. The Morgan fingerprint density at radius 3 is 1.81 bits per heavy atom. The maximum absolute atomic E-state index is 12.8. The molecule has 3 aromatic carbocycles. The molecule has 2 amide bonds. The summed E-state index contributed by atoms with van der Waals surface area (Å²) in [4.78, 5) is 43.0. The lowest BCUT2D eigenvalue weighted by molar-refractivity contribution is -0.139. The van der Waals surface area contributed by atoms with Gasteiger partial charge < -0.3 is 10.1 Å². The molecule has 0 aliphatic rings. The number of hydroxylamine groups is 1. The molecular weight excluding hydrogens is 540 g/mol. The van der Waals surface area contributed by atoms with Crippen LogP contribution in [0.3, 0.4) is 0 Å². The predicted octanol–water partition coefficient (Wildman–Crippen LogP) is 6.77. The quantitative estimate of drug-likeness (QED) is 0.0662. The van der Waals surface area contributed by atoms with Crippen LogP contribution in [0, 0.1) is 0 Å². The van der Waals surface area contributed by atoms with E-state index in [0.717, 1.165) is 43.2 Å². The number of hydrogen-bond donors (Lipinski definition) is 2. The van der Waals surface area contributed by atoms with E-state index in [2.05, 4.69) is 35.1 Å². The zero-order valence-corrected chi connectivity index (χ0v) is 24.9. The lowest BCUT2D eigenvalue weighted by Gasteiger charge is -2.17. The SMILES string of the molecule is O=C(CCCCCCCCCc1ccccc1)N[C@H](C/C=C/C(=O)OCc1ccccc1)C(=O)NOCc1ccccc1. The molecule has 0 aromatic heterocycles. The highest BCUT2D eigenvalue weighted by Crippen LogP contribution is 2.12. The number of ether oxygens (including phenoxy) is 1. The minimum Gasteiger partial charge on any atom is -0.458 e. The molecule has 3 rings (SSSR count). The molecule has 0 saturated carbocycles. The highest BCUT2D eigenvalue weighted by molar-refractivity contribution is 5.87. The van der Waals surface area contributed by atoms with E-state index in [0.29, 0.717) is 6.42 Å². The summed E-state index contributed by atoms with van der Waals surface area (Å²) in [6.07, 6.45) is 12.0. The van der Waals surface area contributed by atoms with Gasteiger partial charge in [-0.1, -0.05) is 129 Å². The highest BCUT2D eigenvalue weighted by Gasteiger charge is 2.20. The first-order chi connectivity index (χ1) is 21.1. The average molecular weight is 585 g/mol. The average Bonchev–Trinajstić information content (AvgIpc) is 3.04. The second-order valence-electron chi connectivity index (χ2n) is 10.6. The van der Waals surface area contributed by atoms with E-state index in [1.54, 1.807) is 0 Å². The molecular formula is C36H44N2O5. The Hall–Kier alpha value is -4.23. The van der Waals surface area contributed by atoms with Crippen LogP contribution in [0.4, 0.5) is 0 Å². The van der Waals surface area contributed by atoms with Crippen molar-refractivity contribution in [2.24, 2.45) is 0 Å². The van der Waals surface area contributed by atoms with Crippen LogP contribution in [0.25, 0.3) is 0 Å². The first-order valence-electron chi connectivity index (χ1n) is 15.3. The number of esters is 1. The number of hydrogen-bond acceptors (Lipinski definition) is 5. The number of nitrogens with one attached hydrogen (secondary N) is 2. The third-order valence-electron chi connectivity index (χ3n) is 6.97. The number of amides is 2. The molecule has 7 nitrogen and oxygen atoms in total. The van der Waals surface area contributed by atoms with E-state index in [1.807, 2.05) is 66.7 Å². The molecule has 228 valence electrons.